The molecule has 0 amide bonds. The first-order valence-electron chi connectivity index (χ1n) is 8.64. The van der Waals surface area contributed by atoms with E-state index in [4.69, 9.17) is 14.2 Å². The summed E-state index contributed by atoms with van der Waals surface area (Å²) in [6.45, 7) is 6.77. The predicted octanol–water partition coefficient (Wildman–Crippen LogP) is 0.777. The monoisotopic (exact) mass is 296 g/mol. The maximum atomic E-state index is 6.04. The molecule has 120 valence electrons. The normalized spacial score (nSPS) is 44.3. The molecule has 21 heavy (non-hydrogen) atoms. The summed E-state index contributed by atoms with van der Waals surface area (Å²) >= 11 is 0. The van der Waals surface area contributed by atoms with Crippen LogP contribution in [0.2, 0.25) is 0 Å². The standard InChI is InChI=1S/C16H28N2O3/c1-2-14-11-20-15(10-18(14)5-1)9-17-13-3-6-21-16(8-13)4-7-19-12-16/h13-15,17H,1-12H2. The van der Waals surface area contributed by atoms with Gasteiger partial charge in [-0.25, -0.2) is 0 Å². The van der Waals surface area contributed by atoms with Gasteiger partial charge in [0.15, 0.2) is 0 Å². The predicted molar refractivity (Wildman–Crippen MR) is 79.5 cm³/mol. The van der Waals surface area contributed by atoms with E-state index in [-0.39, 0.29) is 5.60 Å². The zero-order valence-electron chi connectivity index (χ0n) is 12.9. The highest BCUT2D eigenvalue weighted by molar-refractivity contribution is 4.93. The van der Waals surface area contributed by atoms with Crippen LogP contribution >= 0.6 is 0 Å². The van der Waals surface area contributed by atoms with Crippen molar-refractivity contribution in [3.05, 3.63) is 0 Å². The fraction of sp³-hybridized carbons (Fsp3) is 1.00. The Morgan fingerprint density at radius 3 is 3.14 bits per heavy atom. The van der Waals surface area contributed by atoms with Crippen LogP contribution in [-0.2, 0) is 14.2 Å². The third-order valence-corrected chi connectivity index (χ3v) is 5.66. The van der Waals surface area contributed by atoms with Crippen molar-refractivity contribution >= 4 is 0 Å². The molecule has 0 saturated carbocycles. The molecular weight excluding hydrogens is 268 g/mol. The lowest BCUT2D eigenvalue weighted by Gasteiger charge is -2.39. The molecule has 0 bridgehead atoms. The Labute approximate surface area is 127 Å². The van der Waals surface area contributed by atoms with Crippen molar-refractivity contribution in [1.82, 2.24) is 10.2 Å². The lowest BCUT2D eigenvalue weighted by molar-refractivity contribution is -0.0929. The molecule has 0 aromatic rings. The van der Waals surface area contributed by atoms with Crippen LogP contribution in [0.3, 0.4) is 0 Å². The first-order chi connectivity index (χ1) is 10.3. The maximum absolute atomic E-state index is 6.04. The van der Waals surface area contributed by atoms with Crippen LogP contribution < -0.4 is 5.32 Å². The van der Waals surface area contributed by atoms with E-state index in [2.05, 4.69) is 10.2 Å². The first-order valence-corrected chi connectivity index (χ1v) is 8.64. The van der Waals surface area contributed by atoms with Gasteiger partial charge in [-0.2, -0.15) is 0 Å². The van der Waals surface area contributed by atoms with Gasteiger partial charge in [-0.05, 0) is 32.2 Å². The molecule has 4 aliphatic heterocycles. The number of hydrogen-bond acceptors (Lipinski definition) is 5. The van der Waals surface area contributed by atoms with E-state index in [9.17, 15) is 0 Å². The Morgan fingerprint density at radius 2 is 2.24 bits per heavy atom. The highest BCUT2D eigenvalue weighted by Crippen LogP contribution is 2.33. The summed E-state index contributed by atoms with van der Waals surface area (Å²) in [5, 5.41) is 3.74. The molecule has 5 nitrogen and oxygen atoms in total. The minimum atomic E-state index is 0.00336. The largest absolute Gasteiger partial charge is 0.378 e. The third kappa shape index (κ3) is 3.13. The Bertz CT molecular complexity index is 359. The summed E-state index contributed by atoms with van der Waals surface area (Å²) < 4.78 is 17.6. The molecule has 0 radical (unpaired) electrons. The van der Waals surface area contributed by atoms with Gasteiger partial charge in [-0.15, -0.1) is 0 Å². The van der Waals surface area contributed by atoms with Crippen LogP contribution in [0.15, 0.2) is 0 Å². The second kappa shape index (κ2) is 6.13. The number of rotatable bonds is 3. The van der Waals surface area contributed by atoms with Crippen LogP contribution in [0.25, 0.3) is 0 Å². The third-order valence-electron chi connectivity index (χ3n) is 5.66. The Kier molecular flexibility index (Phi) is 4.20. The van der Waals surface area contributed by atoms with Crippen molar-refractivity contribution in [3.63, 3.8) is 0 Å². The van der Waals surface area contributed by atoms with Crippen LogP contribution in [0, 0.1) is 0 Å². The highest BCUT2D eigenvalue weighted by Gasteiger charge is 2.41. The van der Waals surface area contributed by atoms with E-state index in [1.807, 2.05) is 0 Å². The molecule has 4 rings (SSSR count). The van der Waals surface area contributed by atoms with E-state index in [0.717, 1.165) is 58.8 Å². The molecule has 1 N–H and O–H groups in total. The van der Waals surface area contributed by atoms with E-state index in [0.29, 0.717) is 18.2 Å². The molecule has 4 saturated heterocycles. The highest BCUT2D eigenvalue weighted by atomic mass is 16.6. The maximum Gasteiger partial charge on any atom is 0.0951 e. The molecule has 4 unspecified atom stereocenters. The molecule has 4 atom stereocenters. The van der Waals surface area contributed by atoms with Crippen molar-refractivity contribution in [2.45, 2.75) is 55.9 Å². The molecular formula is C16H28N2O3. The van der Waals surface area contributed by atoms with E-state index < -0.39 is 0 Å². The fourth-order valence-corrected chi connectivity index (χ4v) is 4.37. The summed E-state index contributed by atoms with van der Waals surface area (Å²) in [5.74, 6) is 0. The molecule has 0 aliphatic carbocycles. The molecule has 1 spiro atoms. The number of nitrogens with one attached hydrogen (secondary N) is 1. The second-order valence-electron chi connectivity index (χ2n) is 7.18. The molecule has 4 fully saturated rings. The van der Waals surface area contributed by atoms with Gasteiger partial charge in [0.1, 0.15) is 0 Å². The number of morpholine rings is 1. The van der Waals surface area contributed by atoms with Crippen LogP contribution in [0.5, 0.6) is 0 Å². The SMILES string of the molecule is C1CC2COC(CNC3CCOC4(CCOC4)C3)CN2C1. The van der Waals surface area contributed by atoms with Gasteiger partial charge in [-0.3, -0.25) is 4.90 Å². The zero-order valence-corrected chi connectivity index (χ0v) is 12.9. The van der Waals surface area contributed by atoms with Gasteiger partial charge in [0.05, 0.1) is 24.9 Å². The second-order valence-corrected chi connectivity index (χ2v) is 7.18. The van der Waals surface area contributed by atoms with Gasteiger partial charge in [-0.1, -0.05) is 0 Å². The number of fused-ring (bicyclic) bond motifs is 1. The Balaban J connectivity index is 1.25. The lowest BCUT2D eigenvalue weighted by atomic mass is 9.89. The van der Waals surface area contributed by atoms with Crippen LogP contribution in [-0.4, -0.2) is 74.8 Å². The van der Waals surface area contributed by atoms with Crippen molar-refractivity contribution in [2.75, 3.05) is 46.1 Å². The summed E-state index contributed by atoms with van der Waals surface area (Å²) in [6, 6.07) is 1.25. The lowest BCUT2D eigenvalue weighted by Crippen LogP contribution is -2.53. The molecule has 0 aromatic carbocycles. The summed E-state index contributed by atoms with van der Waals surface area (Å²) in [5.41, 5.74) is 0.00336. The fourth-order valence-electron chi connectivity index (χ4n) is 4.37. The van der Waals surface area contributed by atoms with Gasteiger partial charge >= 0.3 is 0 Å². The molecule has 0 aromatic heterocycles. The smallest absolute Gasteiger partial charge is 0.0951 e. The summed E-state index contributed by atoms with van der Waals surface area (Å²) in [4.78, 5) is 2.62. The first kappa shape index (κ1) is 14.4. The minimum Gasteiger partial charge on any atom is -0.378 e. The Hall–Kier alpha value is -0.200. The van der Waals surface area contributed by atoms with Crippen molar-refractivity contribution in [3.8, 4) is 0 Å². The topological polar surface area (TPSA) is 43.0 Å². The van der Waals surface area contributed by atoms with Crippen LogP contribution in [0.4, 0.5) is 0 Å². The van der Waals surface area contributed by atoms with Gasteiger partial charge < -0.3 is 19.5 Å². The van der Waals surface area contributed by atoms with E-state index >= 15 is 0 Å². The molecule has 5 heteroatoms. The van der Waals surface area contributed by atoms with E-state index in [1.165, 1.54) is 19.4 Å². The average molecular weight is 296 g/mol. The van der Waals surface area contributed by atoms with Crippen molar-refractivity contribution in [1.29, 1.82) is 0 Å². The number of ether oxygens (including phenoxy) is 3. The quantitative estimate of drug-likeness (QED) is 0.833. The zero-order chi connectivity index (χ0) is 14.1. The Morgan fingerprint density at radius 1 is 1.24 bits per heavy atom. The van der Waals surface area contributed by atoms with Gasteiger partial charge in [0, 0.05) is 44.8 Å². The van der Waals surface area contributed by atoms with E-state index in [1.54, 1.807) is 0 Å². The minimum absolute atomic E-state index is 0.00336. The van der Waals surface area contributed by atoms with Crippen molar-refractivity contribution < 1.29 is 14.2 Å². The molecule has 4 aliphatic rings. The van der Waals surface area contributed by atoms with Crippen molar-refractivity contribution in [2.24, 2.45) is 0 Å². The summed E-state index contributed by atoms with van der Waals surface area (Å²) in [7, 11) is 0. The van der Waals surface area contributed by atoms with Gasteiger partial charge in [0.25, 0.3) is 0 Å². The number of nitrogens with zero attached hydrogens (tertiary/aromatic N) is 1. The number of hydrogen-bond donors (Lipinski definition) is 1. The van der Waals surface area contributed by atoms with Gasteiger partial charge in [0.2, 0.25) is 0 Å². The molecule has 4 heterocycles. The van der Waals surface area contributed by atoms with Crippen LogP contribution in [0.1, 0.15) is 32.1 Å². The summed E-state index contributed by atoms with van der Waals surface area (Å²) in [6.07, 6.45) is 6.28. The average Bonchev–Trinajstić information content (AvgIpc) is 3.14.